The number of benzene rings is 1. The minimum Gasteiger partial charge on any atom is -0.492 e. The van der Waals surface area contributed by atoms with Crippen LogP contribution in [0.1, 0.15) is 25.0 Å². The van der Waals surface area contributed by atoms with Crippen LogP contribution < -0.4 is 10.3 Å². The number of ether oxygens (including phenoxy) is 2. The zero-order valence-corrected chi connectivity index (χ0v) is 19.6. The smallest absolute Gasteiger partial charge is 0.261 e. The first-order chi connectivity index (χ1) is 15.4. The Morgan fingerprint density at radius 3 is 2.88 bits per heavy atom. The molecular formula is C24H31N3O4S. The SMILES string of the molecule is C=CCn1c(SCC)nc2c(c1=O)C(C)(O)Cc1cc(OCCN3CCOCC3)ccc1-2. The molecule has 1 fully saturated rings. The topological polar surface area (TPSA) is 76.8 Å². The van der Waals surface area contributed by atoms with E-state index in [9.17, 15) is 9.90 Å². The Labute approximate surface area is 193 Å². The molecule has 1 atom stereocenters. The highest BCUT2D eigenvalue weighted by atomic mass is 32.2. The molecule has 1 aliphatic heterocycles. The van der Waals surface area contributed by atoms with E-state index < -0.39 is 5.60 Å². The van der Waals surface area contributed by atoms with Crippen LogP contribution in [-0.2, 0) is 23.3 Å². The summed E-state index contributed by atoms with van der Waals surface area (Å²) in [5, 5.41) is 11.9. The number of hydrogen-bond donors (Lipinski definition) is 1. The Morgan fingerprint density at radius 1 is 1.38 bits per heavy atom. The average Bonchev–Trinajstić information content (AvgIpc) is 2.76. The second-order valence-electron chi connectivity index (χ2n) is 8.33. The Balaban J connectivity index is 1.64. The van der Waals surface area contributed by atoms with Gasteiger partial charge in [-0.3, -0.25) is 14.3 Å². The molecule has 172 valence electrons. The normalized spacial score (nSPS) is 20.5. The predicted molar refractivity (Wildman–Crippen MR) is 127 cm³/mol. The first-order valence-electron chi connectivity index (χ1n) is 11.1. The van der Waals surface area contributed by atoms with Crippen molar-refractivity contribution >= 4 is 11.8 Å². The molecule has 2 aromatic rings. The monoisotopic (exact) mass is 457 g/mol. The van der Waals surface area contributed by atoms with Crippen LogP contribution in [0.3, 0.4) is 0 Å². The van der Waals surface area contributed by atoms with E-state index in [0.717, 1.165) is 55.5 Å². The minimum absolute atomic E-state index is 0.202. The molecule has 1 unspecified atom stereocenters. The zero-order chi connectivity index (χ0) is 22.7. The lowest BCUT2D eigenvalue weighted by Gasteiger charge is -2.32. The van der Waals surface area contributed by atoms with Gasteiger partial charge in [0.25, 0.3) is 5.56 Å². The fourth-order valence-electron chi connectivity index (χ4n) is 4.36. The van der Waals surface area contributed by atoms with Gasteiger partial charge in [-0.15, -0.1) is 6.58 Å². The van der Waals surface area contributed by atoms with Crippen LogP contribution in [0.25, 0.3) is 11.3 Å². The molecule has 1 aliphatic carbocycles. The molecule has 1 aromatic carbocycles. The fraction of sp³-hybridized carbons (Fsp3) is 0.500. The highest BCUT2D eigenvalue weighted by molar-refractivity contribution is 7.99. The molecule has 2 heterocycles. The summed E-state index contributed by atoms with van der Waals surface area (Å²) in [6, 6.07) is 5.85. The number of allylic oxidation sites excluding steroid dienone is 1. The molecule has 1 saturated heterocycles. The Morgan fingerprint density at radius 2 is 2.16 bits per heavy atom. The number of aromatic nitrogens is 2. The van der Waals surface area contributed by atoms with Gasteiger partial charge in [0.2, 0.25) is 0 Å². The van der Waals surface area contributed by atoms with Crippen LogP contribution in [0.15, 0.2) is 40.8 Å². The molecule has 1 aromatic heterocycles. The molecule has 1 N–H and O–H groups in total. The highest BCUT2D eigenvalue weighted by Gasteiger charge is 2.38. The first kappa shape index (κ1) is 23.0. The van der Waals surface area contributed by atoms with Crippen molar-refractivity contribution in [2.75, 3.05) is 45.2 Å². The van der Waals surface area contributed by atoms with Crippen LogP contribution in [0.5, 0.6) is 5.75 Å². The third-order valence-electron chi connectivity index (χ3n) is 5.90. The second-order valence-corrected chi connectivity index (χ2v) is 9.56. The molecular weight excluding hydrogens is 426 g/mol. The molecule has 0 bridgehead atoms. The number of nitrogens with zero attached hydrogens (tertiary/aromatic N) is 3. The first-order valence-corrected chi connectivity index (χ1v) is 12.1. The molecule has 4 rings (SSSR count). The number of hydrogen-bond acceptors (Lipinski definition) is 7. The van der Waals surface area contributed by atoms with Crippen molar-refractivity contribution < 1.29 is 14.6 Å². The van der Waals surface area contributed by atoms with Crippen LogP contribution >= 0.6 is 11.8 Å². The summed E-state index contributed by atoms with van der Waals surface area (Å²) in [7, 11) is 0. The fourth-order valence-corrected chi connectivity index (χ4v) is 5.09. The van der Waals surface area contributed by atoms with Gasteiger partial charge in [0.05, 0.1) is 30.1 Å². The Hall–Kier alpha value is -2.13. The van der Waals surface area contributed by atoms with E-state index in [1.165, 1.54) is 11.8 Å². The molecule has 0 amide bonds. The number of fused-ring (bicyclic) bond motifs is 3. The molecule has 7 nitrogen and oxygen atoms in total. The summed E-state index contributed by atoms with van der Waals surface area (Å²) in [5.41, 5.74) is 1.23. The van der Waals surface area contributed by atoms with Gasteiger partial charge in [-0.1, -0.05) is 24.8 Å². The molecule has 2 aliphatic rings. The number of thioether (sulfide) groups is 1. The van der Waals surface area contributed by atoms with E-state index in [1.807, 2.05) is 25.1 Å². The van der Waals surface area contributed by atoms with E-state index in [-0.39, 0.29) is 5.56 Å². The van der Waals surface area contributed by atoms with Gasteiger partial charge < -0.3 is 14.6 Å². The lowest BCUT2D eigenvalue weighted by atomic mass is 9.79. The third kappa shape index (κ3) is 4.64. The van der Waals surface area contributed by atoms with Crippen LogP contribution in [0.2, 0.25) is 0 Å². The molecule has 0 spiro atoms. The quantitative estimate of drug-likeness (QED) is 0.371. The van der Waals surface area contributed by atoms with E-state index in [2.05, 4.69) is 11.5 Å². The van der Waals surface area contributed by atoms with Gasteiger partial charge in [0, 0.05) is 38.2 Å². The summed E-state index contributed by atoms with van der Waals surface area (Å²) in [6.45, 7) is 12.7. The van der Waals surface area contributed by atoms with Gasteiger partial charge in [-0.2, -0.15) is 0 Å². The third-order valence-corrected chi connectivity index (χ3v) is 6.76. The molecule has 0 radical (unpaired) electrons. The van der Waals surface area contributed by atoms with Gasteiger partial charge in [-0.25, -0.2) is 4.98 Å². The van der Waals surface area contributed by atoms with Crippen LogP contribution in [0.4, 0.5) is 0 Å². The van der Waals surface area contributed by atoms with Crippen molar-refractivity contribution in [3.05, 3.63) is 52.3 Å². The van der Waals surface area contributed by atoms with E-state index in [0.29, 0.717) is 36.0 Å². The van der Waals surface area contributed by atoms with Crippen molar-refractivity contribution in [1.29, 1.82) is 0 Å². The van der Waals surface area contributed by atoms with Gasteiger partial charge in [0.15, 0.2) is 5.16 Å². The van der Waals surface area contributed by atoms with E-state index in [4.69, 9.17) is 14.5 Å². The Kier molecular flexibility index (Phi) is 7.05. The van der Waals surface area contributed by atoms with Gasteiger partial charge in [-0.05, 0) is 36.4 Å². The number of morpholine rings is 1. The van der Waals surface area contributed by atoms with Gasteiger partial charge in [0.1, 0.15) is 12.4 Å². The summed E-state index contributed by atoms with van der Waals surface area (Å²) < 4.78 is 13.0. The van der Waals surface area contributed by atoms with Crippen molar-refractivity contribution in [1.82, 2.24) is 14.5 Å². The second kappa shape index (κ2) is 9.79. The lowest BCUT2D eigenvalue weighted by Crippen LogP contribution is -2.40. The maximum Gasteiger partial charge on any atom is 0.261 e. The maximum atomic E-state index is 13.3. The summed E-state index contributed by atoms with van der Waals surface area (Å²) >= 11 is 1.52. The van der Waals surface area contributed by atoms with Gasteiger partial charge >= 0.3 is 0 Å². The lowest BCUT2D eigenvalue weighted by molar-refractivity contribution is 0.0322. The summed E-state index contributed by atoms with van der Waals surface area (Å²) in [6.07, 6.45) is 2.02. The van der Waals surface area contributed by atoms with Crippen molar-refractivity contribution in [2.45, 2.75) is 37.6 Å². The largest absolute Gasteiger partial charge is 0.492 e. The minimum atomic E-state index is -1.31. The summed E-state index contributed by atoms with van der Waals surface area (Å²) in [5.74, 6) is 1.56. The Bertz CT molecular complexity index is 1040. The van der Waals surface area contributed by atoms with Crippen LogP contribution in [-0.4, -0.2) is 64.8 Å². The van der Waals surface area contributed by atoms with E-state index >= 15 is 0 Å². The number of rotatable bonds is 8. The van der Waals surface area contributed by atoms with Crippen molar-refractivity contribution in [2.24, 2.45) is 0 Å². The molecule has 8 heteroatoms. The molecule has 0 saturated carbocycles. The standard InChI is InChI=1S/C24H31N3O4S/c1-4-8-27-22(28)20-21(25-23(27)32-5-2)19-7-6-18(15-17(19)16-24(20,3)29)31-14-11-26-9-12-30-13-10-26/h4,6-7,15,29H,1,5,8-14,16H2,2-3H3. The van der Waals surface area contributed by atoms with Crippen molar-refractivity contribution in [3.8, 4) is 17.0 Å². The van der Waals surface area contributed by atoms with Crippen molar-refractivity contribution in [3.63, 3.8) is 0 Å². The average molecular weight is 458 g/mol. The maximum absolute atomic E-state index is 13.3. The van der Waals surface area contributed by atoms with Crippen LogP contribution in [0, 0.1) is 0 Å². The summed E-state index contributed by atoms with van der Waals surface area (Å²) in [4.78, 5) is 20.5. The number of aliphatic hydroxyl groups is 1. The zero-order valence-electron chi connectivity index (χ0n) is 18.8. The predicted octanol–water partition coefficient (Wildman–Crippen LogP) is 2.68. The van der Waals surface area contributed by atoms with E-state index in [1.54, 1.807) is 17.6 Å². The molecule has 32 heavy (non-hydrogen) atoms. The highest BCUT2D eigenvalue weighted by Crippen LogP contribution is 2.41.